The molecule has 1 aromatic rings. The van der Waals surface area contributed by atoms with Gasteiger partial charge in [-0.2, -0.15) is 0 Å². The van der Waals surface area contributed by atoms with Crippen LogP contribution in [0.2, 0.25) is 5.02 Å². The van der Waals surface area contributed by atoms with Crippen LogP contribution in [0.25, 0.3) is 0 Å². The Bertz CT molecular complexity index is 338. The van der Waals surface area contributed by atoms with Gasteiger partial charge in [-0.15, -0.1) is 0 Å². The van der Waals surface area contributed by atoms with Gasteiger partial charge < -0.3 is 5.32 Å². The lowest BCUT2D eigenvalue weighted by atomic mass is 9.93. The summed E-state index contributed by atoms with van der Waals surface area (Å²) in [6, 6.07) is 8.60. The van der Waals surface area contributed by atoms with Gasteiger partial charge in [-0.3, -0.25) is 0 Å². The van der Waals surface area contributed by atoms with Crippen molar-refractivity contribution < 1.29 is 0 Å². The molecule has 1 nitrogen and oxygen atoms in total. The minimum atomic E-state index is 0.389. The van der Waals surface area contributed by atoms with Crippen LogP contribution in [0, 0.1) is 5.92 Å². The Morgan fingerprint density at radius 2 is 1.89 bits per heavy atom. The summed E-state index contributed by atoms with van der Waals surface area (Å²) in [6.45, 7) is 7.84. The quantitative estimate of drug-likeness (QED) is 0.682. The minimum Gasteiger partial charge on any atom is -0.310 e. The largest absolute Gasteiger partial charge is 0.310 e. The standard InChI is InChI=1S/C16H26ClN/c1-4-8-13(3)12-16(18-11-5-2)14-9-6-7-10-15(14)17/h6-7,9-10,13,16,18H,4-5,8,11-12H2,1-3H3. The molecular weight excluding hydrogens is 242 g/mol. The van der Waals surface area contributed by atoms with E-state index < -0.39 is 0 Å². The number of hydrogen-bond acceptors (Lipinski definition) is 1. The van der Waals surface area contributed by atoms with E-state index in [2.05, 4.69) is 38.2 Å². The van der Waals surface area contributed by atoms with Gasteiger partial charge in [0.2, 0.25) is 0 Å². The van der Waals surface area contributed by atoms with E-state index >= 15 is 0 Å². The second kappa shape index (κ2) is 8.55. The SMILES string of the molecule is CCCNC(CC(C)CCC)c1ccccc1Cl. The summed E-state index contributed by atoms with van der Waals surface area (Å²) in [7, 11) is 0. The predicted molar refractivity (Wildman–Crippen MR) is 81.2 cm³/mol. The highest BCUT2D eigenvalue weighted by Crippen LogP contribution is 2.28. The van der Waals surface area contributed by atoms with Crippen LogP contribution < -0.4 is 5.32 Å². The second-order valence-corrected chi connectivity index (χ2v) is 5.56. The van der Waals surface area contributed by atoms with Crippen LogP contribution in [0.4, 0.5) is 0 Å². The van der Waals surface area contributed by atoms with E-state index in [0.29, 0.717) is 6.04 Å². The fraction of sp³-hybridized carbons (Fsp3) is 0.625. The molecule has 2 atom stereocenters. The molecular formula is C16H26ClN. The Kier molecular flexibility index (Phi) is 7.38. The summed E-state index contributed by atoms with van der Waals surface area (Å²) in [4.78, 5) is 0. The Hall–Kier alpha value is -0.530. The summed E-state index contributed by atoms with van der Waals surface area (Å²) >= 11 is 6.32. The van der Waals surface area contributed by atoms with Crippen LogP contribution in [0.1, 0.15) is 58.1 Å². The maximum absolute atomic E-state index is 6.32. The first-order valence-corrected chi connectivity index (χ1v) is 7.54. The van der Waals surface area contributed by atoms with Gasteiger partial charge in [0.1, 0.15) is 0 Å². The van der Waals surface area contributed by atoms with Gasteiger partial charge in [0.05, 0.1) is 0 Å². The summed E-state index contributed by atoms with van der Waals surface area (Å²) in [5.41, 5.74) is 1.25. The van der Waals surface area contributed by atoms with Crippen molar-refractivity contribution in [1.29, 1.82) is 0 Å². The molecule has 0 saturated heterocycles. The second-order valence-electron chi connectivity index (χ2n) is 5.16. The molecule has 0 heterocycles. The van der Waals surface area contributed by atoms with Crippen LogP contribution in [0.15, 0.2) is 24.3 Å². The van der Waals surface area contributed by atoms with Crippen molar-refractivity contribution in [3.8, 4) is 0 Å². The molecule has 102 valence electrons. The van der Waals surface area contributed by atoms with Crippen LogP contribution in [0.3, 0.4) is 0 Å². The van der Waals surface area contributed by atoms with Crippen molar-refractivity contribution in [1.82, 2.24) is 5.32 Å². The van der Waals surface area contributed by atoms with Crippen LogP contribution in [-0.4, -0.2) is 6.54 Å². The fourth-order valence-corrected chi connectivity index (χ4v) is 2.68. The molecule has 1 aromatic carbocycles. The molecule has 18 heavy (non-hydrogen) atoms. The molecule has 1 rings (SSSR count). The van der Waals surface area contributed by atoms with Crippen molar-refractivity contribution >= 4 is 11.6 Å². The van der Waals surface area contributed by atoms with Crippen molar-refractivity contribution in [2.45, 2.75) is 52.5 Å². The number of rotatable bonds is 8. The third-order valence-corrected chi connectivity index (χ3v) is 3.69. The van der Waals surface area contributed by atoms with Gasteiger partial charge in [-0.1, -0.05) is 63.4 Å². The molecule has 0 fully saturated rings. The lowest BCUT2D eigenvalue weighted by Gasteiger charge is -2.23. The van der Waals surface area contributed by atoms with E-state index in [1.807, 2.05) is 12.1 Å². The maximum Gasteiger partial charge on any atom is 0.0453 e. The van der Waals surface area contributed by atoms with Gasteiger partial charge in [0.25, 0.3) is 0 Å². The molecule has 2 unspecified atom stereocenters. The van der Waals surface area contributed by atoms with E-state index in [1.54, 1.807) is 0 Å². The number of benzene rings is 1. The summed E-state index contributed by atoms with van der Waals surface area (Å²) < 4.78 is 0. The zero-order valence-electron chi connectivity index (χ0n) is 11.9. The molecule has 0 amide bonds. The number of halogens is 1. The molecule has 0 aliphatic carbocycles. The average molecular weight is 268 g/mol. The third kappa shape index (κ3) is 4.99. The zero-order valence-corrected chi connectivity index (χ0v) is 12.6. The topological polar surface area (TPSA) is 12.0 Å². The average Bonchev–Trinajstić information content (AvgIpc) is 2.35. The molecule has 0 aliphatic rings. The van der Waals surface area contributed by atoms with Crippen LogP contribution in [-0.2, 0) is 0 Å². The lowest BCUT2D eigenvalue weighted by Crippen LogP contribution is -2.24. The summed E-state index contributed by atoms with van der Waals surface area (Å²) in [5.74, 6) is 0.737. The first-order valence-electron chi connectivity index (χ1n) is 7.16. The van der Waals surface area contributed by atoms with Crippen molar-refractivity contribution in [2.24, 2.45) is 5.92 Å². The maximum atomic E-state index is 6.32. The highest BCUT2D eigenvalue weighted by molar-refractivity contribution is 6.31. The normalized spacial score (nSPS) is 14.4. The van der Waals surface area contributed by atoms with Crippen molar-refractivity contribution in [3.05, 3.63) is 34.9 Å². The van der Waals surface area contributed by atoms with E-state index in [4.69, 9.17) is 11.6 Å². The fourth-order valence-electron chi connectivity index (χ4n) is 2.41. The highest BCUT2D eigenvalue weighted by atomic mass is 35.5. The van der Waals surface area contributed by atoms with E-state index in [-0.39, 0.29) is 0 Å². The summed E-state index contributed by atoms with van der Waals surface area (Å²) in [6.07, 6.45) is 4.86. The first kappa shape index (κ1) is 15.5. The molecule has 0 bridgehead atoms. The van der Waals surface area contributed by atoms with E-state index in [9.17, 15) is 0 Å². The van der Waals surface area contributed by atoms with Crippen molar-refractivity contribution in [2.75, 3.05) is 6.54 Å². The van der Waals surface area contributed by atoms with Gasteiger partial charge in [0.15, 0.2) is 0 Å². The number of hydrogen-bond donors (Lipinski definition) is 1. The van der Waals surface area contributed by atoms with Gasteiger partial charge >= 0.3 is 0 Å². The molecule has 1 N–H and O–H groups in total. The molecule has 0 aliphatic heterocycles. The predicted octanol–water partition coefficient (Wildman–Crippen LogP) is 5.21. The Morgan fingerprint density at radius 1 is 1.17 bits per heavy atom. The van der Waals surface area contributed by atoms with Gasteiger partial charge in [-0.25, -0.2) is 0 Å². The van der Waals surface area contributed by atoms with E-state index in [1.165, 1.54) is 18.4 Å². The lowest BCUT2D eigenvalue weighted by molar-refractivity contribution is 0.390. The van der Waals surface area contributed by atoms with Crippen molar-refractivity contribution in [3.63, 3.8) is 0 Å². The Labute approximate surface area is 117 Å². The highest BCUT2D eigenvalue weighted by Gasteiger charge is 2.16. The van der Waals surface area contributed by atoms with E-state index in [0.717, 1.165) is 30.3 Å². The first-order chi connectivity index (χ1) is 8.69. The molecule has 2 heteroatoms. The van der Waals surface area contributed by atoms with Gasteiger partial charge in [0, 0.05) is 11.1 Å². The molecule has 0 radical (unpaired) electrons. The molecule has 0 spiro atoms. The zero-order chi connectivity index (χ0) is 13.4. The smallest absolute Gasteiger partial charge is 0.0453 e. The number of nitrogens with one attached hydrogen (secondary N) is 1. The molecule has 0 aromatic heterocycles. The van der Waals surface area contributed by atoms with Crippen LogP contribution >= 0.6 is 11.6 Å². The monoisotopic (exact) mass is 267 g/mol. The Morgan fingerprint density at radius 3 is 2.50 bits per heavy atom. The van der Waals surface area contributed by atoms with Crippen LogP contribution in [0.5, 0.6) is 0 Å². The molecule has 0 saturated carbocycles. The Balaban J connectivity index is 2.74. The van der Waals surface area contributed by atoms with Gasteiger partial charge in [-0.05, 0) is 36.9 Å². The summed E-state index contributed by atoms with van der Waals surface area (Å²) in [5, 5.41) is 4.52. The third-order valence-electron chi connectivity index (χ3n) is 3.34. The minimum absolute atomic E-state index is 0.389.